The zero-order valence-corrected chi connectivity index (χ0v) is 14.0. The summed E-state index contributed by atoms with van der Waals surface area (Å²) in [5.41, 5.74) is 1.98. The average Bonchev–Trinajstić information content (AvgIpc) is 3.19. The smallest absolute Gasteiger partial charge is 0.225 e. The van der Waals surface area contributed by atoms with Gasteiger partial charge in [-0.15, -0.1) is 0 Å². The van der Waals surface area contributed by atoms with Crippen LogP contribution in [0.4, 0.5) is 5.95 Å². The Morgan fingerprint density at radius 1 is 1.00 bits per heavy atom. The first-order valence-corrected chi connectivity index (χ1v) is 8.36. The SMILES string of the molecule is COc1ccc(-c2nccc([C@H]3CCCN3c3ncccn3)n2)cc1. The van der Waals surface area contributed by atoms with Gasteiger partial charge in [-0.25, -0.2) is 19.9 Å². The van der Waals surface area contributed by atoms with E-state index in [-0.39, 0.29) is 6.04 Å². The van der Waals surface area contributed by atoms with Crippen LogP contribution < -0.4 is 9.64 Å². The average molecular weight is 333 g/mol. The van der Waals surface area contributed by atoms with Crippen LogP contribution in [0.15, 0.2) is 55.0 Å². The molecule has 0 saturated carbocycles. The molecule has 1 saturated heterocycles. The number of hydrogen-bond donors (Lipinski definition) is 0. The lowest BCUT2D eigenvalue weighted by Crippen LogP contribution is -2.25. The standard InChI is InChI=1S/C19H19N5O/c1-25-15-7-5-14(6-8-15)18-20-12-9-16(23-18)17-4-2-13-24(17)19-21-10-3-11-22-19/h3,5-12,17H,2,4,13H2,1H3/t17-/m1/s1. The van der Waals surface area contributed by atoms with E-state index in [0.717, 1.165) is 48.2 Å². The van der Waals surface area contributed by atoms with E-state index in [1.807, 2.05) is 42.6 Å². The van der Waals surface area contributed by atoms with Gasteiger partial charge in [-0.3, -0.25) is 0 Å². The van der Waals surface area contributed by atoms with Crippen LogP contribution in [-0.4, -0.2) is 33.6 Å². The monoisotopic (exact) mass is 333 g/mol. The molecular weight excluding hydrogens is 314 g/mol. The summed E-state index contributed by atoms with van der Waals surface area (Å²) in [6.07, 6.45) is 7.52. The van der Waals surface area contributed by atoms with Gasteiger partial charge < -0.3 is 9.64 Å². The third kappa shape index (κ3) is 3.15. The summed E-state index contributed by atoms with van der Waals surface area (Å²) in [6.45, 7) is 0.941. The molecule has 1 aliphatic heterocycles. The van der Waals surface area contributed by atoms with Crippen molar-refractivity contribution in [2.24, 2.45) is 0 Å². The van der Waals surface area contributed by atoms with Crippen molar-refractivity contribution in [1.82, 2.24) is 19.9 Å². The van der Waals surface area contributed by atoms with Gasteiger partial charge >= 0.3 is 0 Å². The molecule has 1 aromatic carbocycles. The highest BCUT2D eigenvalue weighted by Gasteiger charge is 2.29. The minimum Gasteiger partial charge on any atom is -0.497 e. The number of aromatic nitrogens is 4. The number of benzene rings is 1. The van der Waals surface area contributed by atoms with Crippen molar-refractivity contribution in [2.75, 3.05) is 18.6 Å². The van der Waals surface area contributed by atoms with Gasteiger partial charge in [0.2, 0.25) is 5.95 Å². The lowest BCUT2D eigenvalue weighted by atomic mass is 10.1. The van der Waals surface area contributed by atoms with E-state index >= 15 is 0 Å². The molecule has 126 valence electrons. The minimum atomic E-state index is 0.183. The molecule has 0 unspecified atom stereocenters. The third-order valence-electron chi connectivity index (χ3n) is 4.43. The quantitative estimate of drug-likeness (QED) is 0.730. The Kier molecular flexibility index (Phi) is 4.24. The zero-order chi connectivity index (χ0) is 17.1. The van der Waals surface area contributed by atoms with Crippen LogP contribution in [0.3, 0.4) is 0 Å². The van der Waals surface area contributed by atoms with Crippen molar-refractivity contribution >= 4 is 5.95 Å². The summed E-state index contributed by atoms with van der Waals surface area (Å²) in [5.74, 6) is 2.30. The van der Waals surface area contributed by atoms with Gasteiger partial charge in [0.05, 0.1) is 18.8 Å². The number of methoxy groups -OCH3 is 1. The topological polar surface area (TPSA) is 64.0 Å². The Labute approximate surface area is 146 Å². The highest BCUT2D eigenvalue weighted by molar-refractivity contribution is 5.56. The number of anilines is 1. The first-order valence-electron chi connectivity index (χ1n) is 8.36. The first kappa shape index (κ1) is 15.5. The number of nitrogens with zero attached hydrogens (tertiary/aromatic N) is 5. The Morgan fingerprint density at radius 3 is 2.56 bits per heavy atom. The van der Waals surface area contributed by atoms with Gasteiger partial charge in [0.1, 0.15) is 5.75 Å². The Morgan fingerprint density at radius 2 is 1.80 bits per heavy atom. The second-order valence-corrected chi connectivity index (χ2v) is 5.93. The van der Waals surface area contributed by atoms with E-state index in [9.17, 15) is 0 Å². The molecule has 1 atom stereocenters. The second-order valence-electron chi connectivity index (χ2n) is 5.93. The molecule has 6 heteroatoms. The van der Waals surface area contributed by atoms with Crippen LogP contribution >= 0.6 is 0 Å². The van der Waals surface area contributed by atoms with Gasteiger partial charge in [0.25, 0.3) is 0 Å². The summed E-state index contributed by atoms with van der Waals surface area (Å²) in [4.78, 5) is 20.2. The van der Waals surface area contributed by atoms with Crippen molar-refractivity contribution in [3.8, 4) is 17.1 Å². The highest BCUT2D eigenvalue weighted by Crippen LogP contribution is 2.33. The predicted octanol–water partition coefficient (Wildman–Crippen LogP) is 3.28. The van der Waals surface area contributed by atoms with Gasteiger partial charge in [-0.2, -0.15) is 0 Å². The minimum absolute atomic E-state index is 0.183. The molecule has 0 radical (unpaired) electrons. The summed E-state index contributed by atoms with van der Waals surface area (Å²) >= 11 is 0. The van der Waals surface area contributed by atoms with Gasteiger partial charge in [0, 0.05) is 30.7 Å². The third-order valence-corrected chi connectivity index (χ3v) is 4.43. The molecule has 25 heavy (non-hydrogen) atoms. The fraction of sp³-hybridized carbons (Fsp3) is 0.263. The molecule has 0 N–H and O–H groups in total. The van der Waals surface area contributed by atoms with Crippen LogP contribution in [0, 0.1) is 0 Å². The predicted molar refractivity (Wildman–Crippen MR) is 95.4 cm³/mol. The van der Waals surface area contributed by atoms with E-state index in [4.69, 9.17) is 9.72 Å². The molecule has 0 aliphatic carbocycles. The van der Waals surface area contributed by atoms with Crippen molar-refractivity contribution < 1.29 is 4.74 Å². The largest absolute Gasteiger partial charge is 0.497 e. The second kappa shape index (κ2) is 6.84. The van der Waals surface area contributed by atoms with Gasteiger partial charge in [-0.1, -0.05) is 0 Å². The molecule has 2 aromatic heterocycles. The fourth-order valence-electron chi connectivity index (χ4n) is 3.19. The summed E-state index contributed by atoms with van der Waals surface area (Å²) in [6, 6.07) is 11.8. The molecule has 3 aromatic rings. The van der Waals surface area contributed by atoms with Gasteiger partial charge in [-0.05, 0) is 49.2 Å². The van der Waals surface area contributed by atoms with E-state index in [1.165, 1.54) is 0 Å². The molecule has 0 bridgehead atoms. The lowest BCUT2D eigenvalue weighted by molar-refractivity contribution is 0.415. The summed E-state index contributed by atoms with van der Waals surface area (Å²) in [5, 5.41) is 0. The summed E-state index contributed by atoms with van der Waals surface area (Å²) in [7, 11) is 1.66. The Balaban J connectivity index is 1.64. The number of rotatable bonds is 4. The van der Waals surface area contributed by atoms with Crippen LogP contribution in [-0.2, 0) is 0 Å². The Hall–Kier alpha value is -3.02. The molecule has 0 spiro atoms. The van der Waals surface area contributed by atoms with Crippen molar-refractivity contribution in [2.45, 2.75) is 18.9 Å². The maximum Gasteiger partial charge on any atom is 0.225 e. The van der Waals surface area contributed by atoms with Crippen LogP contribution in [0.1, 0.15) is 24.6 Å². The van der Waals surface area contributed by atoms with Gasteiger partial charge in [0.15, 0.2) is 5.82 Å². The molecule has 0 amide bonds. The van der Waals surface area contributed by atoms with Crippen LogP contribution in [0.5, 0.6) is 5.75 Å². The van der Waals surface area contributed by atoms with Crippen molar-refractivity contribution in [1.29, 1.82) is 0 Å². The van der Waals surface area contributed by atoms with Crippen molar-refractivity contribution in [3.63, 3.8) is 0 Å². The molecule has 4 rings (SSSR count). The van der Waals surface area contributed by atoms with Crippen LogP contribution in [0.25, 0.3) is 11.4 Å². The van der Waals surface area contributed by atoms with E-state index in [2.05, 4.69) is 19.9 Å². The van der Waals surface area contributed by atoms with E-state index in [0.29, 0.717) is 0 Å². The van der Waals surface area contributed by atoms with E-state index < -0.39 is 0 Å². The maximum atomic E-state index is 5.21. The molecule has 3 heterocycles. The summed E-state index contributed by atoms with van der Waals surface area (Å²) < 4.78 is 5.21. The first-order chi connectivity index (χ1) is 12.3. The fourth-order valence-corrected chi connectivity index (χ4v) is 3.19. The highest BCUT2D eigenvalue weighted by atomic mass is 16.5. The molecular formula is C19H19N5O. The normalized spacial score (nSPS) is 16.8. The van der Waals surface area contributed by atoms with Crippen molar-refractivity contribution in [3.05, 3.63) is 60.7 Å². The number of ether oxygens (including phenoxy) is 1. The molecule has 1 fully saturated rings. The molecule has 6 nitrogen and oxygen atoms in total. The Bertz CT molecular complexity index is 838. The zero-order valence-electron chi connectivity index (χ0n) is 14.0. The number of hydrogen-bond acceptors (Lipinski definition) is 6. The maximum absolute atomic E-state index is 5.21. The lowest BCUT2D eigenvalue weighted by Gasteiger charge is -2.24. The molecule has 1 aliphatic rings. The van der Waals surface area contributed by atoms with Crippen LogP contribution in [0.2, 0.25) is 0 Å². The van der Waals surface area contributed by atoms with E-state index in [1.54, 1.807) is 19.5 Å².